The summed E-state index contributed by atoms with van der Waals surface area (Å²) in [5.41, 5.74) is 0.673. The van der Waals surface area contributed by atoms with Gasteiger partial charge in [-0.2, -0.15) is 0 Å². The number of rotatable bonds is 6. The first-order chi connectivity index (χ1) is 7.70. The number of aliphatic hydroxyl groups is 2. The van der Waals surface area contributed by atoms with Crippen molar-refractivity contribution in [3.63, 3.8) is 0 Å². The van der Waals surface area contributed by atoms with Gasteiger partial charge in [0.1, 0.15) is 5.54 Å². The van der Waals surface area contributed by atoms with Crippen molar-refractivity contribution in [2.24, 2.45) is 0 Å². The zero-order chi connectivity index (χ0) is 11.9. The van der Waals surface area contributed by atoms with E-state index in [-0.39, 0.29) is 13.2 Å². The topological polar surface area (TPSA) is 57.1 Å². The van der Waals surface area contributed by atoms with Crippen LogP contribution in [0.15, 0.2) is 36.4 Å². The smallest absolute Gasteiger partial charge is 0.140 e. The molecule has 0 radical (unpaired) electrons. The van der Waals surface area contributed by atoms with E-state index in [1.807, 2.05) is 54.7 Å². The van der Waals surface area contributed by atoms with E-state index in [1.54, 1.807) is 0 Å². The third kappa shape index (κ3) is 4.14. The lowest BCUT2D eigenvalue weighted by Gasteiger charge is -2.21. The molecule has 1 aromatic carbocycles. The quantitative estimate of drug-likeness (QED) is 0.635. The van der Waals surface area contributed by atoms with Gasteiger partial charge in [0.05, 0.1) is 19.8 Å². The van der Waals surface area contributed by atoms with Gasteiger partial charge in [0.15, 0.2) is 0 Å². The van der Waals surface area contributed by atoms with Gasteiger partial charge in [0, 0.05) is 0 Å². The summed E-state index contributed by atoms with van der Waals surface area (Å²) in [5, 5.41) is 20.1. The Labute approximate surface area is 96.4 Å². The van der Waals surface area contributed by atoms with Gasteiger partial charge >= 0.3 is 0 Å². The van der Waals surface area contributed by atoms with Crippen molar-refractivity contribution in [2.75, 3.05) is 19.8 Å². The Morgan fingerprint density at radius 3 is 2.38 bits per heavy atom. The van der Waals surface area contributed by atoms with E-state index in [1.165, 1.54) is 0 Å². The van der Waals surface area contributed by atoms with Crippen LogP contribution < -0.4 is 5.32 Å². The highest BCUT2D eigenvalue weighted by molar-refractivity contribution is 5.48. The minimum absolute atomic E-state index is 0.0251. The average molecular weight is 222 g/mol. The molecule has 16 heavy (non-hydrogen) atoms. The number of quaternary nitrogens is 1. The summed E-state index contributed by atoms with van der Waals surface area (Å²) in [7, 11) is 0. The van der Waals surface area contributed by atoms with E-state index < -0.39 is 5.54 Å². The van der Waals surface area contributed by atoms with Crippen molar-refractivity contribution in [3.8, 4) is 0 Å². The Kier molecular flexibility index (Phi) is 5.19. The molecule has 1 aromatic rings. The van der Waals surface area contributed by atoms with Gasteiger partial charge in [0.2, 0.25) is 0 Å². The van der Waals surface area contributed by atoms with Crippen LogP contribution in [0.3, 0.4) is 0 Å². The molecule has 0 aliphatic rings. The molecule has 3 heteroatoms. The van der Waals surface area contributed by atoms with Crippen molar-refractivity contribution in [2.45, 2.75) is 12.5 Å². The Bertz CT molecular complexity index is 318. The SMILES string of the molecule is CC(CO)(CO)[NH2+]C/C=C/c1ccccc1. The molecule has 88 valence electrons. The fraction of sp³-hybridized carbons (Fsp3) is 0.385. The fourth-order valence-corrected chi connectivity index (χ4v) is 1.30. The molecule has 4 N–H and O–H groups in total. The molecule has 0 atom stereocenters. The molecule has 0 saturated heterocycles. The molecule has 0 bridgehead atoms. The molecule has 1 rings (SSSR count). The first-order valence-electron chi connectivity index (χ1n) is 5.48. The summed E-state index contributed by atoms with van der Waals surface area (Å²) in [6.45, 7) is 2.53. The Morgan fingerprint density at radius 1 is 1.19 bits per heavy atom. The predicted octanol–water partition coefficient (Wildman–Crippen LogP) is 0.00650. The Morgan fingerprint density at radius 2 is 1.81 bits per heavy atom. The lowest BCUT2D eigenvalue weighted by atomic mass is 10.1. The Hall–Kier alpha value is -1.16. The summed E-state index contributed by atoms with van der Waals surface area (Å²) in [6, 6.07) is 10.0. The van der Waals surface area contributed by atoms with E-state index in [0.29, 0.717) is 0 Å². The van der Waals surface area contributed by atoms with Crippen LogP contribution in [0.1, 0.15) is 12.5 Å². The number of hydrogen-bond donors (Lipinski definition) is 3. The van der Waals surface area contributed by atoms with E-state index in [4.69, 9.17) is 10.2 Å². The molecule has 0 spiro atoms. The average Bonchev–Trinajstić information content (AvgIpc) is 2.36. The molecule has 0 saturated carbocycles. The van der Waals surface area contributed by atoms with Gasteiger partial charge in [-0.3, -0.25) is 0 Å². The maximum atomic E-state index is 9.09. The maximum absolute atomic E-state index is 9.09. The molecular formula is C13H20NO2+. The molecule has 0 aromatic heterocycles. The maximum Gasteiger partial charge on any atom is 0.140 e. The minimum atomic E-state index is -0.485. The standard InChI is InChI=1S/C13H19NO2/c1-13(10-15,11-16)14-9-5-8-12-6-3-2-4-7-12/h2-8,14-16H,9-11H2,1H3/p+1/b8-5+. The summed E-state index contributed by atoms with van der Waals surface area (Å²) in [6.07, 6.45) is 4.06. The van der Waals surface area contributed by atoms with Gasteiger partial charge in [-0.1, -0.05) is 36.4 Å². The number of hydrogen-bond acceptors (Lipinski definition) is 2. The monoisotopic (exact) mass is 222 g/mol. The van der Waals surface area contributed by atoms with E-state index >= 15 is 0 Å². The molecule has 0 amide bonds. The van der Waals surface area contributed by atoms with Crippen LogP contribution in [0.4, 0.5) is 0 Å². The number of nitrogens with two attached hydrogens (primary N) is 1. The summed E-state index contributed by atoms with van der Waals surface area (Å²) in [4.78, 5) is 0. The van der Waals surface area contributed by atoms with Gasteiger partial charge < -0.3 is 15.5 Å². The van der Waals surface area contributed by atoms with Gasteiger partial charge in [-0.05, 0) is 18.6 Å². The van der Waals surface area contributed by atoms with Crippen LogP contribution in [0, 0.1) is 0 Å². The minimum Gasteiger partial charge on any atom is -0.390 e. The summed E-state index contributed by atoms with van der Waals surface area (Å²) in [5.74, 6) is 0. The zero-order valence-corrected chi connectivity index (χ0v) is 9.63. The molecule has 0 aliphatic heterocycles. The third-order valence-electron chi connectivity index (χ3n) is 2.58. The molecular weight excluding hydrogens is 202 g/mol. The largest absolute Gasteiger partial charge is 0.390 e. The van der Waals surface area contributed by atoms with Crippen LogP contribution in [0.25, 0.3) is 6.08 Å². The summed E-state index contributed by atoms with van der Waals surface area (Å²) >= 11 is 0. The second-order valence-corrected chi connectivity index (χ2v) is 4.22. The summed E-state index contributed by atoms with van der Waals surface area (Å²) < 4.78 is 0. The van der Waals surface area contributed by atoms with Crippen molar-refractivity contribution in [3.05, 3.63) is 42.0 Å². The molecule has 0 aliphatic carbocycles. The third-order valence-corrected chi connectivity index (χ3v) is 2.58. The highest BCUT2D eigenvalue weighted by Gasteiger charge is 2.24. The van der Waals surface area contributed by atoms with Crippen LogP contribution >= 0.6 is 0 Å². The lowest BCUT2D eigenvalue weighted by Crippen LogP contribution is -2.98. The number of aliphatic hydroxyl groups excluding tert-OH is 2. The molecule has 0 fully saturated rings. The molecule has 0 unspecified atom stereocenters. The fourth-order valence-electron chi connectivity index (χ4n) is 1.30. The van der Waals surface area contributed by atoms with Crippen LogP contribution in [0.5, 0.6) is 0 Å². The highest BCUT2D eigenvalue weighted by atomic mass is 16.3. The van der Waals surface area contributed by atoms with Crippen molar-refractivity contribution in [1.29, 1.82) is 0 Å². The highest BCUT2D eigenvalue weighted by Crippen LogP contribution is 1.99. The van der Waals surface area contributed by atoms with Crippen LogP contribution in [-0.2, 0) is 0 Å². The van der Waals surface area contributed by atoms with E-state index in [2.05, 4.69) is 0 Å². The zero-order valence-electron chi connectivity index (χ0n) is 9.63. The second kappa shape index (κ2) is 6.43. The molecule has 3 nitrogen and oxygen atoms in total. The van der Waals surface area contributed by atoms with Crippen LogP contribution in [-0.4, -0.2) is 35.5 Å². The van der Waals surface area contributed by atoms with Crippen molar-refractivity contribution < 1.29 is 15.5 Å². The van der Waals surface area contributed by atoms with Gasteiger partial charge in [-0.15, -0.1) is 0 Å². The van der Waals surface area contributed by atoms with Gasteiger partial charge in [0.25, 0.3) is 0 Å². The first kappa shape index (κ1) is 12.9. The van der Waals surface area contributed by atoms with Gasteiger partial charge in [-0.25, -0.2) is 0 Å². The molecule has 0 heterocycles. The van der Waals surface area contributed by atoms with Crippen molar-refractivity contribution in [1.82, 2.24) is 0 Å². The first-order valence-corrected chi connectivity index (χ1v) is 5.48. The van der Waals surface area contributed by atoms with E-state index in [0.717, 1.165) is 12.1 Å². The van der Waals surface area contributed by atoms with Crippen LogP contribution in [0.2, 0.25) is 0 Å². The van der Waals surface area contributed by atoms with E-state index in [9.17, 15) is 0 Å². The van der Waals surface area contributed by atoms with Crippen molar-refractivity contribution >= 4 is 6.08 Å². The lowest BCUT2D eigenvalue weighted by molar-refractivity contribution is -0.720. The predicted molar refractivity (Wildman–Crippen MR) is 64.8 cm³/mol. The number of benzene rings is 1. The Balaban J connectivity index is 2.38. The normalized spacial score (nSPS) is 12.2. The second-order valence-electron chi connectivity index (χ2n) is 4.22.